The fourth-order valence-corrected chi connectivity index (χ4v) is 2.58. The second-order valence-corrected chi connectivity index (χ2v) is 8.73. The number of nitrogens with one attached hydrogen (secondary N) is 1. The molecule has 0 radical (unpaired) electrons. The lowest BCUT2D eigenvalue weighted by molar-refractivity contribution is -0.123. The van der Waals surface area contributed by atoms with E-state index in [4.69, 9.17) is 4.74 Å². The molecule has 3 N–H and O–H groups in total. The van der Waals surface area contributed by atoms with Gasteiger partial charge in [-0.15, -0.1) is 0 Å². The van der Waals surface area contributed by atoms with Gasteiger partial charge >= 0.3 is 7.60 Å². The summed E-state index contributed by atoms with van der Waals surface area (Å²) in [6, 6.07) is 17.2. The summed E-state index contributed by atoms with van der Waals surface area (Å²) >= 11 is 0. The molecule has 2 aromatic rings. The molecule has 0 aliphatic carbocycles. The number of carbonyl (C=O) groups is 1. The summed E-state index contributed by atoms with van der Waals surface area (Å²) in [5.41, 5.74) is 1.06. The van der Waals surface area contributed by atoms with Crippen molar-refractivity contribution >= 4 is 13.5 Å². The van der Waals surface area contributed by atoms with Crippen LogP contribution in [-0.2, 0) is 15.8 Å². The zero-order valence-electron chi connectivity index (χ0n) is 14.9. The SMILES string of the molecule is CC(C)(C(=O)NCCCc1cccc(Oc2ccccc2)c1)P(=O)(O)O. The monoisotopic (exact) mass is 377 g/mol. The van der Waals surface area contributed by atoms with Gasteiger partial charge in [-0.2, -0.15) is 0 Å². The third-order valence-corrected chi connectivity index (χ3v) is 5.75. The van der Waals surface area contributed by atoms with Crippen molar-refractivity contribution < 1.29 is 23.9 Å². The van der Waals surface area contributed by atoms with Gasteiger partial charge in [-0.3, -0.25) is 9.36 Å². The predicted molar refractivity (Wildman–Crippen MR) is 100 cm³/mol. The van der Waals surface area contributed by atoms with Crippen molar-refractivity contribution in [2.24, 2.45) is 0 Å². The molecule has 0 heterocycles. The van der Waals surface area contributed by atoms with Crippen LogP contribution in [0.1, 0.15) is 25.8 Å². The minimum atomic E-state index is -4.50. The lowest BCUT2D eigenvalue weighted by Gasteiger charge is -2.24. The topological polar surface area (TPSA) is 95.9 Å². The molecular formula is C19H24NO5P. The molecule has 0 aromatic heterocycles. The van der Waals surface area contributed by atoms with Crippen molar-refractivity contribution in [1.82, 2.24) is 5.32 Å². The van der Waals surface area contributed by atoms with E-state index in [-0.39, 0.29) is 0 Å². The molecule has 26 heavy (non-hydrogen) atoms. The van der Waals surface area contributed by atoms with E-state index in [1.165, 1.54) is 13.8 Å². The summed E-state index contributed by atoms with van der Waals surface area (Å²) in [5, 5.41) is 0.866. The minimum absolute atomic E-state index is 0.339. The number of aryl methyl sites for hydroxylation is 1. The van der Waals surface area contributed by atoms with Gasteiger partial charge in [0.25, 0.3) is 0 Å². The van der Waals surface area contributed by atoms with E-state index in [0.717, 1.165) is 17.1 Å². The van der Waals surface area contributed by atoms with Crippen LogP contribution in [0.25, 0.3) is 0 Å². The Morgan fingerprint density at radius 3 is 2.38 bits per heavy atom. The van der Waals surface area contributed by atoms with Crippen LogP contribution in [0.15, 0.2) is 54.6 Å². The van der Waals surface area contributed by atoms with E-state index in [9.17, 15) is 19.1 Å². The van der Waals surface area contributed by atoms with Crippen molar-refractivity contribution in [2.45, 2.75) is 31.8 Å². The van der Waals surface area contributed by atoms with Crippen molar-refractivity contribution in [1.29, 1.82) is 0 Å². The number of rotatable bonds is 8. The van der Waals surface area contributed by atoms with Gasteiger partial charge in [-0.25, -0.2) is 0 Å². The van der Waals surface area contributed by atoms with Gasteiger partial charge in [0, 0.05) is 6.54 Å². The fraction of sp³-hybridized carbons (Fsp3) is 0.316. The van der Waals surface area contributed by atoms with Crippen LogP contribution in [0.5, 0.6) is 11.5 Å². The first-order chi connectivity index (χ1) is 12.2. The van der Waals surface area contributed by atoms with Crippen LogP contribution in [0.3, 0.4) is 0 Å². The Morgan fingerprint density at radius 2 is 1.73 bits per heavy atom. The van der Waals surface area contributed by atoms with E-state index in [0.29, 0.717) is 19.4 Å². The molecule has 0 saturated heterocycles. The molecule has 2 aromatic carbocycles. The van der Waals surface area contributed by atoms with Crippen molar-refractivity contribution in [2.75, 3.05) is 6.54 Å². The molecule has 140 valence electrons. The van der Waals surface area contributed by atoms with E-state index < -0.39 is 18.7 Å². The van der Waals surface area contributed by atoms with Crippen LogP contribution >= 0.6 is 7.60 Å². The number of benzene rings is 2. The van der Waals surface area contributed by atoms with E-state index in [1.54, 1.807) is 0 Å². The van der Waals surface area contributed by atoms with Crippen molar-refractivity contribution in [3.63, 3.8) is 0 Å². The number of hydrogen-bond donors (Lipinski definition) is 3. The Balaban J connectivity index is 1.84. The Morgan fingerprint density at radius 1 is 1.08 bits per heavy atom. The van der Waals surface area contributed by atoms with Gasteiger partial charge in [0.1, 0.15) is 16.7 Å². The highest BCUT2D eigenvalue weighted by atomic mass is 31.2. The molecule has 1 amide bonds. The maximum absolute atomic E-state index is 12.0. The lowest BCUT2D eigenvalue weighted by Crippen LogP contribution is -2.42. The molecule has 2 rings (SSSR count). The van der Waals surface area contributed by atoms with E-state index in [1.807, 2.05) is 54.6 Å². The number of hydrogen-bond acceptors (Lipinski definition) is 3. The number of amides is 1. The molecule has 0 unspecified atom stereocenters. The van der Waals surface area contributed by atoms with Crippen LogP contribution in [0.4, 0.5) is 0 Å². The van der Waals surface area contributed by atoms with Crippen molar-refractivity contribution in [3.8, 4) is 11.5 Å². The number of carbonyl (C=O) groups excluding carboxylic acids is 1. The highest BCUT2D eigenvalue weighted by Crippen LogP contribution is 2.50. The first-order valence-corrected chi connectivity index (χ1v) is 9.97. The highest BCUT2D eigenvalue weighted by Gasteiger charge is 2.44. The first-order valence-electron chi connectivity index (χ1n) is 8.36. The molecule has 0 spiro atoms. The van der Waals surface area contributed by atoms with E-state index in [2.05, 4.69) is 5.32 Å². The third kappa shape index (κ3) is 5.43. The summed E-state index contributed by atoms with van der Waals surface area (Å²) < 4.78 is 17.1. The molecule has 0 aliphatic heterocycles. The van der Waals surface area contributed by atoms with Gasteiger partial charge in [-0.1, -0.05) is 30.3 Å². The molecule has 0 aliphatic rings. The number of ether oxygens (including phenoxy) is 1. The lowest BCUT2D eigenvalue weighted by atomic mass is 10.1. The fourth-order valence-electron chi connectivity index (χ4n) is 2.23. The smallest absolute Gasteiger partial charge is 0.340 e. The van der Waals surface area contributed by atoms with Crippen LogP contribution in [0, 0.1) is 0 Å². The third-order valence-electron chi connectivity index (χ3n) is 4.09. The number of para-hydroxylation sites is 1. The Labute approximate surface area is 153 Å². The maximum atomic E-state index is 12.0. The molecule has 0 bridgehead atoms. The quantitative estimate of drug-likeness (QED) is 0.483. The average Bonchev–Trinajstić information content (AvgIpc) is 2.59. The largest absolute Gasteiger partial charge is 0.457 e. The molecule has 7 heteroatoms. The first kappa shape index (κ1) is 20.2. The Bertz CT molecular complexity index is 786. The zero-order chi connectivity index (χ0) is 19.2. The van der Waals surface area contributed by atoms with Gasteiger partial charge in [0.05, 0.1) is 0 Å². The summed E-state index contributed by atoms with van der Waals surface area (Å²) in [4.78, 5) is 30.4. The minimum Gasteiger partial charge on any atom is -0.457 e. The maximum Gasteiger partial charge on any atom is 0.340 e. The summed E-state index contributed by atoms with van der Waals surface area (Å²) in [7, 11) is -4.50. The predicted octanol–water partition coefficient (Wildman–Crippen LogP) is 3.48. The molecule has 0 saturated carbocycles. The second kappa shape index (κ2) is 8.49. The zero-order valence-corrected chi connectivity index (χ0v) is 15.8. The normalized spacial score (nSPS) is 11.8. The molecule has 6 nitrogen and oxygen atoms in total. The van der Waals surface area contributed by atoms with Crippen LogP contribution in [0.2, 0.25) is 0 Å². The van der Waals surface area contributed by atoms with Gasteiger partial charge in [0.2, 0.25) is 5.91 Å². The highest BCUT2D eigenvalue weighted by molar-refractivity contribution is 7.54. The average molecular weight is 377 g/mol. The summed E-state index contributed by atoms with van der Waals surface area (Å²) in [6.07, 6.45) is 1.36. The van der Waals surface area contributed by atoms with Gasteiger partial charge in [-0.05, 0) is 56.5 Å². The standard InChI is InChI=1S/C19H24NO5P/c1-19(2,26(22,23)24)18(21)20-13-7-9-15-8-6-12-17(14-15)25-16-10-4-3-5-11-16/h3-6,8,10-12,14H,7,9,13H2,1-2H3,(H,20,21)(H2,22,23,24). The van der Waals surface area contributed by atoms with Crippen molar-refractivity contribution in [3.05, 3.63) is 60.2 Å². The molecule has 0 fully saturated rings. The van der Waals surface area contributed by atoms with Gasteiger partial charge in [0.15, 0.2) is 0 Å². The molecular weight excluding hydrogens is 353 g/mol. The van der Waals surface area contributed by atoms with Crippen LogP contribution < -0.4 is 10.1 Å². The Hall–Kier alpha value is -2.14. The Kier molecular flexibility index (Phi) is 6.59. The second-order valence-electron chi connectivity index (χ2n) is 6.53. The van der Waals surface area contributed by atoms with Crippen LogP contribution in [-0.4, -0.2) is 27.4 Å². The van der Waals surface area contributed by atoms with E-state index >= 15 is 0 Å². The van der Waals surface area contributed by atoms with Gasteiger partial charge < -0.3 is 19.8 Å². The summed E-state index contributed by atoms with van der Waals surface area (Å²) in [5.74, 6) is 0.851. The summed E-state index contributed by atoms with van der Waals surface area (Å²) in [6.45, 7) is 2.83. The molecule has 0 atom stereocenters.